The van der Waals surface area contributed by atoms with Crippen LogP contribution in [0.15, 0.2) is 6.20 Å². The predicted octanol–water partition coefficient (Wildman–Crippen LogP) is 4.30. The van der Waals surface area contributed by atoms with Gasteiger partial charge in [-0.3, -0.25) is 0 Å². The summed E-state index contributed by atoms with van der Waals surface area (Å²) in [6.07, 6.45) is 4.00. The number of hydrogen-bond donors (Lipinski definition) is 0. The van der Waals surface area contributed by atoms with Gasteiger partial charge >= 0.3 is 0 Å². The summed E-state index contributed by atoms with van der Waals surface area (Å²) in [5, 5.41) is 0.455. The molecule has 1 atom stereocenters. The molecule has 0 aliphatic rings. The number of alkyl halides is 1. The van der Waals surface area contributed by atoms with Gasteiger partial charge < -0.3 is 0 Å². The topological polar surface area (TPSA) is 12.9 Å². The van der Waals surface area contributed by atoms with Crippen molar-refractivity contribution < 1.29 is 0 Å². The van der Waals surface area contributed by atoms with E-state index in [2.05, 4.69) is 18.8 Å². The van der Waals surface area contributed by atoms with Crippen molar-refractivity contribution in [1.82, 2.24) is 4.98 Å². The maximum Gasteiger partial charge on any atom is 0.133 e. The molecule has 14 heavy (non-hydrogen) atoms. The second-order valence-corrected chi connectivity index (χ2v) is 4.49. The highest BCUT2D eigenvalue weighted by molar-refractivity contribution is 6.31. The molecule has 0 saturated heterocycles. The zero-order chi connectivity index (χ0) is 10.7. The summed E-state index contributed by atoms with van der Waals surface area (Å²) in [7, 11) is 0. The van der Waals surface area contributed by atoms with Crippen LogP contribution in [0.3, 0.4) is 0 Å². The van der Waals surface area contributed by atoms with Crippen LogP contribution >= 0.6 is 23.2 Å². The van der Waals surface area contributed by atoms with Crippen LogP contribution in [0.1, 0.15) is 42.3 Å². The fourth-order valence-corrected chi connectivity index (χ4v) is 2.29. The summed E-state index contributed by atoms with van der Waals surface area (Å²) in [6, 6.07) is 0. The zero-order valence-electron chi connectivity index (χ0n) is 8.77. The molecule has 3 heteroatoms. The van der Waals surface area contributed by atoms with E-state index < -0.39 is 0 Å². The summed E-state index contributed by atoms with van der Waals surface area (Å²) < 4.78 is 0. The first-order chi connectivity index (χ1) is 6.57. The number of aryl methyl sites for hydroxylation is 1. The van der Waals surface area contributed by atoms with Crippen LogP contribution < -0.4 is 0 Å². The second-order valence-electron chi connectivity index (χ2n) is 3.48. The highest BCUT2D eigenvalue weighted by Crippen LogP contribution is 2.30. The van der Waals surface area contributed by atoms with Gasteiger partial charge in [0.2, 0.25) is 0 Å². The Hall–Kier alpha value is -0.270. The highest BCUT2D eigenvalue weighted by Gasteiger charge is 2.13. The minimum absolute atomic E-state index is 0.0770. The fourth-order valence-electron chi connectivity index (χ4n) is 1.61. The van der Waals surface area contributed by atoms with Crippen LogP contribution in [0.4, 0.5) is 0 Å². The zero-order valence-corrected chi connectivity index (χ0v) is 10.3. The van der Waals surface area contributed by atoms with E-state index in [1.807, 2.05) is 13.1 Å². The van der Waals surface area contributed by atoms with E-state index in [0.717, 1.165) is 18.4 Å². The molecule has 0 aliphatic carbocycles. The molecule has 0 bridgehead atoms. The molecule has 1 unspecified atom stereocenters. The molecule has 0 aliphatic heterocycles. The molecular formula is C11H15Cl2N. The van der Waals surface area contributed by atoms with E-state index in [-0.39, 0.29) is 5.38 Å². The van der Waals surface area contributed by atoms with Crippen molar-refractivity contribution in [3.8, 4) is 0 Å². The number of aromatic nitrogens is 1. The third kappa shape index (κ3) is 2.40. The monoisotopic (exact) mass is 231 g/mol. The Morgan fingerprint density at radius 3 is 2.64 bits per heavy atom. The molecule has 1 heterocycles. The maximum absolute atomic E-state index is 6.06. The first-order valence-corrected chi connectivity index (χ1v) is 5.67. The number of nitrogens with zero attached hydrogens (tertiary/aromatic N) is 1. The van der Waals surface area contributed by atoms with Gasteiger partial charge in [-0.1, -0.05) is 24.9 Å². The summed E-state index contributed by atoms with van der Waals surface area (Å²) in [5.74, 6) is 0. The average Bonchev–Trinajstić information content (AvgIpc) is 2.10. The number of halogens is 2. The van der Waals surface area contributed by atoms with Crippen molar-refractivity contribution in [3.63, 3.8) is 0 Å². The van der Waals surface area contributed by atoms with Crippen LogP contribution in [0.25, 0.3) is 0 Å². The van der Waals surface area contributed by atoms with Crippen molar-refractivity contribution in [2.45, 2.75) is 39.0 Å². The normalized spacial score (nSPS) is 12.9. The SMILES string of the molecule is CCCc1cnc(Cl)c(C(C)Cl)c1C. The summed E-state index contributed by atoms with van der Waals surface area (Å²) in [5.41, 5.74) is 3.41. The van der Waals surface area contributed by atoms with E-state index in [0.29, 0.717) is 5.15 Å². The van der Waals surface area contributed by atoms with Crippen molar-refractivity contribution in [1.29, 1.82) is 0 Å². The van der Waals surface area contributed by atoms with Crippen LogP contribution in [0, 0.1) is 6.92 Å². The third-order valence-electron chi connectivity index (χ3n) is 2.36. The van der Waals surface area contributed by atoms with Gasteiger partial charge in [0.25, 0.3) is 0 Å². The Balaban J connectivity index is 3.19. The van der Waals surface area contributed by atoms with Gasteiger partial charge in [-0.15, -0.1) is 11.6 Å². The summed E-state index contributed by atoms with van der Waals surface area (Å²) >= 11 is 12.1. The molecular weight excluding hydrogens is 217 g/mol. The Labute approximate surface area is 95.4 Å². The van der Waals surface area contributed by atoms with Crippen LogP contribution in [-0.2, 0) is 6.42 Å². The van der Waals surface area contributed by atoms with Crippen LogP contribution in [0.5, 0.6) is 0 Å². The molecule has 1 aromatic rings. The average molecular weight is 232 g/mol. The summed E-state index contributed by atoms with van der Waals surface area (Å²) in [4.78, 5) is 4.16. The highest BCUT2D eigenvalue weighted by atomic mass is 35.5. The lowest BCUT2D eigenvalue weighted by Crippen LogP contribution is -1.99. The van der Waals surface area contributed by atoms with Crippen molar-refractivity contribution in [2.75, 3.05) is 0 Å². The molecule has 0 amide bonds. The lowest BCUT2D eigenvalue weighted by molar-refractivity contribution is 0.889. The molecule has 1 rings (SSSR count). The number of rotatable bonds is 3. The molecule has 78 valence electrons. The van der Waals surface area contributed by atoms with Gasteiger partial charge in [0, 0.05) is 11.8 Å². The molecule has 0 radical (unpaired) electrons. The van der Waals surface area contributed by atoms with Gasteiger partial charge in [0.05, 0.1) is 5.38 Å². The van der Waals surface area contributed by atoms with E-state index in [9.17, 15) is 0 Å². The minimum atomic E-state index is -0.0770. The molecule has 0 fully saturated rings. The lowest BCUT2D eigenvalue weighted by atomic mass is 10.0. The second kappa shape index (κ2) is 4.99. The van der Waals surface area contributed by atoms with Crippen molar-refractivity contribution >= 4 is 23.2 Å². The van der Waals surface area contributed by atoms with Crippen LogP contribution in [-0.4, -0.2) is 4.98 Å². The molecule has 1 aromatic heterocycles. The number of hydrogen-bond acceptors (Lipinski definition) is 1. The third-order valence-corrected chi connectivity index (χ3v) is 2.88. The fraction of sp³-hybridized carbons (Fsp3) is 0.545. The van der Waals surface area contributed by atoms with E-state index in [1.165, 1.54) is 11.1 Å². The van der Waals surface area contributed by atoms with Gasteiger partial charge in [-0.2, -0.15) is 0 Å². The maximum atomic E-state index is 6.06. The Morgan fingerprint density at radius 1 is 1.50 bits per heavy atom. The smallest absolute Gasteiger partial charge is 0.133 e. The van der Waals surface area contributed by atoms with Crippen molar-refractivity contribution in [3.05, 3.63) is 28.0 Å². The van der Waals surface area contributed by atoms with Gasteiger partial charge in [0.15, 0.2) is 0 Å². The predicted molar refractivity (Wildman–Crippen MR) is 62.2 cm³/mol. The Morgan fingerprint density at radius 2 is 2.14 bits per heavy atom. The van der Waals surface area contributed by atoms with Gasteiger partial charge in [-0.25, -0.2) is 4.98 Å². The standard InChI is InChI=1S/C11H15Cl2N/c1-4-5-9-6-14-11(13)10(7(9)2)8(3)12/h6,8H,4-5H2,1-3H3. The molecule has 1 nitrogen and oxygen atoms in total. The van der Waals surface area contributed by atoms with Crippen LogP contribution in [0.2, 0.25) is 5.15 Å². The summed E-state index contributed by atoms with van der Waals surface area (Å²) in [6.45, 7) is 6.14. The lowest BCUT2D eigenvalue weighted by Gasteiger charge is -2.13. The quantitative estimate of drug-likeness (QED) is 0.559. The van der Waals surface area contributed by atoms with Gasteiger partial charge in [0.1, 0.15) is 5.15 Å². The first kappa shape index (κ1) is 11.8. The van der Waals surface area contributed by atoms with E-state index >= 15 is 0 Å². The van der Waals surface area contributed by atoms with Gasteiger partial charge in [-0.05, 0) is 31.4 Å². The molecule has 0 aromatic carbocycles. The molecule has 0 saturated carbocycles. The van der Waals surface area contributed by atoms with E-state index in [4.69, 9.17) is 23.2 Å². The Kier molecular flexibility index (Phi) is 4.21. The first-order valence-electron chi connectivity index (χ1n) is 4.85. The minimum Gasteiger partial charge on any atom is -0.244 e. The molecule has 0 spiro atoms. The largest absolute Gasteiger partial charge is 0.244 e. The number of pyridine rings is 1. The van der Waals surface area contributed by atoms with Crippen molar-refractivity contribution in [2.24, 2.45) is 0 Å². The Bertz CT molecular complexity index is 321. The van der Waals surface area contributed by atoms with E-state index in [1.54, 1.807) is 0 Å². The molecule has 0 N–H and O–H groups in total.